The standard InChI is InChI=1S/C9H8NO2/c1-10-9(12)8-5-3-2-4-7(8)6-11/h2-6H,1H2,(H,10,12). The Balaban J connectivity index is 3.13. The van der Waals surface area contributed by atoms with Gasteiger partial charge in [-0.05, 0) is 6.07 Å². The van der Waals surface area contributed by atoms with Gasteiger partial charge in [-0.1, -0.05) is 18.2 Å². The van der Waals surface area contributed by atoms with Crippen molar-refractivity contribution in [3.63, 3.8) is 0 Å². The monoisotopic (exact) mass is 162 g/mol. The summed E-state index contributed by atoms with van der Waals surface area (Å²) in [6.07, 6.45) is 0.643. The molecule has 0 aromatic heterocycles. The molecule has 1 N–H and O–H groups in total. The molecular weight excluding hydrogens is 154 g/mol. The van der Waals surface area contributed by atoms with E-state index in [-0.39, 0.29) is 5.91 Å². The van der Waals surface area contributed by atoms with Crippen LogP contribution in [0.3, 0.4) is 0 Å². The molecule has 0 aliphatic heterocycles. The number of carbonyl (C=O) groups is 2. The van der Waals surface area contributed by atoms with E-state index in [9.17, 15) is 9.59 Å². The highest BCUT2D eigenvalue weighted by Crippen LogP contribution is 2.05. The van der Waals surface area contributed by atoms with E-state index in [4.69, 9.17) is 0 Å². The fraction of sp³-hybridized carbons (Fsp3) is 0. The molecule has 1 aromatic rings. The molecule has 0 aliphatic rings. The fourth-order valence-corrected chi connectivity index (χ4v) is 0.902. The molecule has 61 valence electrons. The first-order valence-corrected chi connectivity index (χ1v) is 3.41. The number of hydrogen-bond donors (Lipinski definition) is 1. The number of aldehydes is 1. The van der Waals surface area contributed by atoms with Gasteiger partial charge in [-0.25, -0.2) is 0 Å². The van der Waals surface area contributed by atoms with E-state index in [1.54, 1.807) is 24.3 Å². The van der Waals surface area contributed by atoms with Crippen LogP contribution in [0.5, 0.6) is 0 Å². The molecule has 0 spiro atoms. The van der Waals surface area contributed by atoms with Gasteiger partial charge in [0.1, 0.15) is 0 Å². The van der Waals surface area contributed by atoms with Gasteiger partial charge >= 0.3 is 0 Å². The van der Waals surface area contributed by atoms with Crippen molar-refractivity contribution in [3.05, 3.63) is 42.4 Å². The molecule has 3 nitrogen and oxygen atoms in total. The van der Waals surface area contributed by atoms with Crippen LogP contribution in [0.4, 0.5) is 0 Å². The quantitative estimate of drug-likeness (QED) is 0.660. The van der Waals surface area contributed by atoms with Gasteiger partial charge in [0.05, 0.1) is 0 Å². The van der Waals surface area contributed by atoms with Crippen LogP contribution in [0, 0.1) is 7.05 Å². The Morgan fingerprint density at radius 2 is 2.08 bits per heavy atom. The third-order valence-electron chi connectivity index (χ3n) is 1.49. The molecule has 1 amide bonds. The number of amides is 1. The molecule has 1 radical (unpaired) electrons. The average molecular weight is 162 g/mol. The third kappa shape index (κ3) is 1.50. The number of hydrogen-bond acceptors (Lipinski definition) is 2. The lowest BCUT2D eigenvalue weighted by molar-refractivity contribution is 0.0963. The van der Waals surface area contributed by atoms with E-state index in [1.165, 1.54) is 0 Å². The second kappa shape index (κ2) is 3.67. The molecule has 0 saturated carbocycles. The maximum atomic E-state index is 11.1. The van der Waals surface area contributed by atoms with Crippen molar-refractivity contribution in [1.82, 2.24) is 5.32 Å². The summed E-state index contributed by atoms with van der Waals surface area (Å²) in [5.41, 5.74) is 0.723. The van der Waals surface area contributed by atoms with Crippen LogP contribution in [0.25, 0.3) is 0 Å². The van der Waals surface area contributed by atoms with Crippen LogP contribution >= 0.6 is 0 Å². The molecule has 3 heteroatoms. The summed E-state index contributed by atoms with van der Waals surface area (Å²) >= 11 is 0. The summed E-state index contributed by atoms with van der Waals surface area (Å²) in [4.78, 5) is 21.5. The number of nitrogens with one attached hydrogen (secondary N) is 1. The van der Waals surface area contributed by atoms with Gasteiger partial charge in [0, 0.05) is 18.2 Å². The highest BCUT2D eigenvalue weighted by Gasteiger charge is 2.06. The first kappa shape index (κ1) is 8.46. The van der Waals surface area contributed by atoms with Gasteiger partial charge in [-0.2, -0.15) is 0 Å². The predicted octanol–water partition coefficient (Wildman–Crippen LogP) is 1.02. The number of benzene rings is 1. The van der Waals surface area contributed by atoms with Crippen LogP contribution in [0.15, 0.2) is 24.3 Å². The molecule has 0 heterocycles. The van der Waals surface area contributed by atoms with E-state index in [2.05, 4.69) is 12.4 Å². The Morgan fingerprint density at radius 3 is 2.67 bits per heavy atom. The number of carbonyl (C=O) groups excluding carboxylic acids is 2. The van der Waals surface area contributed by atoms with Crippen molar-refractivity contribution >= 4 is 12.2 Å². The van der Waals surface area contributed by atoms with Gasteiger partial charge in [-0.15, -0.1) is 0 Å². The molecule has 0 bridgehead atoms. The smallest absolute Gasteiger partial charge is 0.252 e. The van der Waals surface area contributed by atoms with Gasteiger partial charge in [0.25, 0.3) is 5.91 Å². The maximum Gasteiger partial charge on any atom is 0.252 e. The normalized spacial score (nSPS) is 9.08. The van der Waals surface area contributed by atoms with Crippen LogP contribution in [-0.4, -0.2) is 12.2 Å². The Hall–Kier alpha value is -1.64. The summed E-state index contributed by atoms with van der Waals surface area (Å²) in [7, 11) is 3.22. The SMILES string of the molecule is [CH2]NC(=O)c1ccccc1C=O. The van der Waals surface area contributed by atoms with E-state index < -0.39 is 0 Å². The van der Waals surface area contributed by atoms with Crippen LogP contribution in [-0.2, 0) is 0 Å². The molecule has 0 unspecified atom stereocenters. The predicted molar refractivity (Wildman–Crippen MR) is 44.7 cm³/mol. The lowest BCUT2D eigenvalue weighted by Crippen LogP contribution is -2.17. The first-order valence-electron chi connectivity index (χ1n) is 3.41. The van der Waals surface area contributed by atoms with Crippen molar-refractivity contribution in [2.24, 2.45) is 0 Å². The van der Waals surface area contributed by atoms with E-state index in [0.717, 1.165) is 0 Å². The topological polar surface area (TPSA) is 46.2 Å². The second-order valence-corrected chi connectivity index (χ2v) is 2.21. The summed E-state index contributed by atoms with van der Waals surface area (Å²) in [5.74, 6) is -0.349. The average Bonchev–Trinajstić information content (AvgIpc) is 2.16. The largest absolute Gasteiger partial charge is 0.350 e. The Kier molecular flexibility index (Phi) is 2.58. The first-order chi connectivity index (χ1) is 5.79. The van der Waals surface area contributed by atoms with E-state index in [1.807, 2.05) is 0 Å². The molecule has 1 aromatic carbocycles. The Morgan fingerprint density at radius 1 is 1.42 bits per heavy atom. The molecule has 0 atom stereocenters. The minimum atomic E-state index is -0.349. The van der Waals surface area contributed by atoms with Gasteiger partial charge in [-0.3, -0.25) is 9.59 Å². The summed E-state index contributed by atoms with van der Waals surface area (Å²) in [6.45, 7) is 0. The van der Waals surface area contributed by atoms with Crippen molar-refractivity contribution in [2.75, 3.05) is 0 Å². The second-order valence-electron chi connectivity index (χ2n) is 2.21. The van der Waals surface area contributed by atoms with Gasteiger partial charge < -0.3 is 5.32 Å². The summed E-state index contributed by atoms with van der Waals surface area (Å²) in [5, 5.41) is 2.21. The zero-order valence-corrected chi connectivity index (χ0v) is 6.41. The molecule has 0 fully saturated rings. The Bertz CT molecular complexity index is 307. The van der Waals surface area contributed by atoms with Gasteiger partial charge in [0.2, 0.25) is 0 Å². The zero-order valence-electron chi connectivity index (χ0n) is 6.41. The molecule has 12 heavy (non-hydrogen) atoms. The lowest BCUT2D eigenvalue weighted by Gasteiger charge is -2.00. The van der Waals surface area contributed by atoms with Crippen molar-refractivity contribution in [1.29, 1.82) is 0 Å². The highest BCUT2D eigenvalue weighted by molar-refractivity contribution is 6.01. The highest BCUT2D eigenvalue weighted by atomic mass is 16.1. The molecular formula is C9H8NO2. The van der Waals surface area contributed by atoms with Crippen molar-refractivity contribution in [2.45, 2.75) is 0 Å². The Labute approximate surface area is 70.4 Å². The van der Waals surface area contributed by atoms with Crippen LogP contribution < -0.4 is 5.32 Å². The zero-order chi connectivity index (χ0) is 8.97. The van der Waals surface area contributed by atoms with Crippen LogP contribution in [0.2, 0.25) is 0 Å². The van der Waals surface area contributed by atoms with Gasteiger partial charge in [0.15, 0.2) is 6.29 Å². The van der Waals surface area contributed by atoms with E-state index in [0.29, 0.717) is 17.4 Å². The minimum Gasteiger partial charge on any atom is -0.350 e. The molecule has 1 rings (SSSR count). The molecule has 0 aliphatic carbocycles. The van der Waals surface area contributed by atoms with Crippen molar-refractivity contribution < 1.29 is 9.59 Å². The van der Waals surface area contributed by atoms with Crippen molar-refractivity contribution in [3.8, 4) is 0 Å². The fourth-order valence-electron chi connectivity index (χ4n) is 0.902. The minimum absolute atomic E-state index is 0.349. The maximum absolute atomic E-state index is 11.1. The summed E-state index contributed by atoms with van der Waals surface area (Å²) in [6, 6.07) is 6.54. The van der Waals surface area contributed by atoms with Crippen LogP contribution in [0.1, 0.15) is 20.7 Å². The van der Waals surface area contributed by atoms with E-state index >= 15 is 0 Å². The summed E-state index contributed by atoms with van der Waals surface area (Å²) < 4.78 is 0. The lowest BCUT2D eigenvalue weighted by atomic mass is 10.1. The third-order valence-corrected chi connectivity index (χ3v) is 1.49. The molecule has 0 saturated heterocycles. The number of rotatable bonds is 2.